The van der Waals surface area contributed by atoms with Gasteiger partial charge in [0.15, 0.2) is 16.6 Å². The Balaban J connectivity index is 1.54. The summed E-state index contributed by atoms with van der Waals surface area (Å²) < 4.78 is 14.2. The molecular formula is C41H70O3SSi2. The topological polar surface area (TPSA) is 38.7 Å². The molecule has 3 fully saturated rings. The summed E-state index contributed by atoms with van der Waals surface area (Å²) in [5, 5.41) is 13.4. The quantitative estimate of drug-likeness (QED) is 0.247. The Hall–Kier alpha value is -0.766. The number of rotatable bonds is 10. The molecule has 0 bridgehead atoms. The molecule has 0 aliphatic heterocycles. The molecule has 7 atom stereocenters. The van der Waals surface area contributed by atoms with Gasteiger partial charge in [-0.15, -0.1) is 11.3 Å². The van der Waals surface area contributed by atoms with Gasteiger partial charge in [0.2, 0.25) is 0 Å². The van der Waals surface area contributed by atoms with Gasteiger partial charge >= 0.3 is 0 Å². The summed E-state index contributed by atoms with van der Waals surface area (Å²) in [6.07, 6.45) is 15.0. The molecule has 3 aliphatic rings. The highest BCUT2D eigenvalue weighted by Crippen LogP contribution is 2.60. The predicted octanol–water partition coefficient (Wildman–Crippen LogP) is 12.7. The van der Waals surface area contributed by atoms with E-state index in [1.165, 1.54) is 48.8 Å². The maximum absolute atomic E-state index is 10.9. The zero-order chi connectivity index (χ0) is 35.2. The summed E-state index contributed by atoms with van der Waals surface area (Å²) in [6.45, 7) is 35.4. The van der Waals surface area contributed by atoms with Crippen molar-refractivity contribution in [2.75, 3.05) is 0 Å². The van der Waals surface area contributed by atoms with Crippen LogP contribution in [0.4, 0.5) is 0 Å². The number of aliphatic hydroxyl groups excluding tert-OH is 1. The molecule has 0 aromatic carbocycles. The molecule has 0 amide bonds. The molecule has 1 aromatic heterocycles. The molecule has 1 N–H and O–H groups in total. The van der Waals surface area contributed by atoms with Crippen LogP contribution in [0.5, 0.6) is 0 Å². The van der Waals surface area contributed by atoms with Gasteiger partial charge in [-0.1, -0.05) is 79.7 Å². The van der Waals surface area contributed by atoms with E-state index in [4.69, 9.17) is 15.4 Å². The molecule has 0 spiro atoms. The number of thiophene rings is 1. The molecule has 1 unspecified atom stereocenters. The van der Waals surface area contributed by atoms with Gasteiger partial charge in [0.05, 0.1) is 18.3 Å². The minimum Gasteiger partial charge on any atom is -0.413 e. The third-order valence-electron chi connectivity index (χ3n) is 13.4. The van der Waals surface area contributed by atoms with Crippen molar-refractivity contribution in [2.24, 2.45) is 23.2 Å². The first-order chi connectivity index (χ1) is 21.6. The lowest BCUT2D eigenvalue weighted by atomic mass is 9.60. The fourth-order valence-corrected chi connectivity index (χ4v) is 12.0. The highest BCUT2D eigenvalue weighted by atomic mass is 32.1. The second kappa shape index (κ2) is 14.5. The number of hydrogen-bond donors (Lipinski definition) is 1. The fourth-order valence-electron chi connectivity index (χ4n) is 8.37. The van der Waals surface area contributed by atoms with E-state index in [0.29, 0.717) is 17.3 Å². The van der Waals surface area contributed by atoms with E-state index in [1.807, 2.05) is 0 Å². The fraction of sp³-hybridized carbons (Fsp3) is 0.756. The zero-order valence-corrected chi connectivity index (χ0v) is 35.3. The molecule has 3 saturated carbocycles. The van der Waals surface area contributed by atoms with Crippen molar-refractivity contribution in [2.45, 2.75) is 175 Å². The van der Waals surface area contributed by atoms with Gasteiger partial charge < -0.3 is 14.0 Å². The third kappa shape index (κ3) is 8.76. The number of aryl methyl sites for hydroxylation is 1. The van der Waals surface area contributed by atoms with E-state index < -0.39 is 16.6 Å². The van der Waals surface area contributed by atoms with E-state index >= 15 is 0 Å². The SMILES string of the molecule is C=C1/C(=C\C=C2/CCC[C@]3(C)[C@@H]([C@H](C)CCC(O)c4cc(C)cs4)CC[C@@H]23)C[C@@H](O[Si](C)(C)C(C)(C)C)C[C@@H]1O[Si](C)(C)C(C)(C)C. The van der Waals surface area contributed by atoms with Crippen LogP contribution < -0.4 is 0 Å². The molecule has 0 saturated heterocycles. The zero-order valence-electron chi connectivity index (χ0n) is 32.5. The normalized spacial score (nSPS) is 31.0. The Morgan fingerprint density at radius 3 is 2.26 bits per heavy atom. The highest BCUT2D eigenvalue weighted by Gasteiger charge is 2.51. The van der Waals surface area contributed by atoms with Crippen molar-refractivity contribution >= 4 is 28.0 Å². The van der Waals surface area contributed by atoms with Crippen LogP contribution in [0.1, 0.15) is 130 Å². The average molecular weight is 699 g/mol. The van der Waals surface area contributed by atoms with Crippen LogP contribution in [0.15, 0.2) is 46.9 Å². The monoisotopic (exact) mass is 698 g/mol. The standard InChI is InChI=1S/C41H70O3SSi2/c1-28-24-38(45-27-28)36(42)22-17-29(2)34-20-21-35-31(16-15-23-41(34,35)10)18-19-32-25-33(43-46(11,12)39(4,5)6)26-37(30(32)3)44-47(13,14)40(7,8)9/h18-19,24,27,29,33-37,42H,3,15-17,20-23,25-26H2,1-2,4-14H3/b31-18+,32-19-/t29-,33-,34-,35+,36?,37+,41-/m1/s1. The Morgan fingerprint density at radius 1 is 1.02 bits per heavy atom. The van der Waals surface area contributed by atoms with Crippen molar-refractivity contribution in [3.05, 3.63) is 57.3 Å². The molecule has 6 heteroatoms. The first-order valence-corrected chi connectivity index (χ1v) is 25.4. The van der Waals surface area contributed by atoms with Crippen LogP contribution >= 0.6 is 11.3 Å². The van der Waals surface area contributed by atoms with Crippen LogP contribution in [0.3, 0.4) is 0 Å². The van der Waals surface area contributed by atoms with Crippen LogP contribution in [0.25, 0.3) is 0 Å². The average Bonchev–Trinajstić information content (AvgIpc) is 3.54. The molecule has 3 nitrogen and oxygen atoms in total. The summed E-state index contributed by atoms with van der Waals surface area (Å²) >= 11 is 1.70. The molecule has 266 valence electrons. The predicted molar refractivity (Wildman–Crippen MR) is 209 cm³/mol. The second-order valence-corrected chi connectivity index (χ2v) is 29.4. The Morgan fingerprint density at radius 2 is 1.66 bits per heavy atom. The maximum atomic E-state index is 10.9. The van der Waals surface area contributed by atoms with Crippen molar-refractivity contribution in [3.63, 3.8) is 0 Å². The lowest BCUT2D eigenvalue weighted by Crippen LogP contribution is -2.49. The minimum absolute atomic E-state index is 0.0193. The number of allylic oxidation sites excluding steroid dienone is 3. The highest BCUT2D eigenvalue weighted by molar-refractivity contribution is 7.10. The van der Waals surface area contributed by atoms with E-state index in [0.717, 1.165) is 36.5 Å². The van der Waals surface area contributed by atoms with Crippen molar-refractivity contribution in [3.8, 4) is 0 Å². The molecule has 3 aliphatic carbocycles. The Kier molecular flexibility index (Phi) is 12.0. The van der Waals surface area contributed by atoms with Crippen LogP contribution in [-0.4, -0.2) is 33.9 Å². The van der Waals surface area contributed by atoms with Gasteiger partial charge in [-0.25, -0.2) is 0 Å². The summed E-state index contributed by atoms with van der Waals surface area (Å²) in [4.78, 5) is 1.12. The first kappa shape index (κ1) is 39.0. The van der Waals surface area contributed by atoms with Gasteiger partial charge in [0.1, 0.15) is 0 Å². The largest absolute Gasteiger partial charge is 0.413 e. The van der Waals surface area contributed by atoms with E-state index in [1.54, 1.807) is 16.9 Å². The lowest BCUT2D eigenvalue weighted by molar-refractivity contribution is 0.0829. The van der Waals surface area contributed by atoms with Gasteiger partial charge in [0, 0.05) is 11.3 Å². The van der Waals surface area contributed by atoms with E-state index in [9.17, 15) is 5.11 Å². The molecule has 47 heavy (non-hydrogen) atoms. The first-order valence-electron chi connectivity index (χ1n) is 18.7. The van der Waals surface area contributed by atoms with Gasteiger partial charge in [-0.3, -0.25) is 0 Å². The number of hydrogen-bond acceptors (Lipinski definition) is 4. The third-order valence-corrected chi connectivity index (χ3v) is 23.6. The van der Waals surface area contributed by atoms with Crippen molar-refractivity contribution in [1.82, 2.24) is 0 Å². The van der Waals surface area contributed by atoms with Gasteiger partial charge in [-0.2, -0.15) is 0 Å². The lowest BCUT2D eigenvalue weighted by Gasteiger charge is -2.46. The number of fused-ring (bicyclic) bond motifs is 1. The molecule has 0 radical (unpaired) electrons. The smallest absolute Gasteiger partial charge is 0.192 e. The van der Waals surface area contributed by atoms with Crippen LogP contribution in [-0.2, 0) is 8.85 Å². The maximum Gasteiger partial charge on any atom is 0.192 e. The summed E-state index contributed by atoms with van der Waals surface area (Å²) in [5.74, 6) is 1.99. The Labute approximate surface area is 296 Å². The van der Waals surface area contributed by atoms with Gasteiger partial charge in [0.25, 0.3) is 0 Å². The van der Waals surface area contributed by atoms with E-state index in [2.05, 4.69) is 112 Å². The molecule has 1 aromatic rings. The second-order valence-electron chi connectivity index (χ2n) is 19.0. The van der Waals surface area contributed by atoms with E-state index in [-0.39, 0.29) is 28.4 Å². The Bertz CT molecular complexity index is 1310. The van der Waals surface area contributed by atoms with Crippen LogP contribution in [0.2, 0.25) is 36.3 Å². The van der Waals surface area contributed by atoms with Crippen molar-refractivity contribution < 1.29 is 14.0 Å². The minimum atomic E-state index is -1.99. The molecule has 4 rings (SSSR count). The van der Waals surface area contributed by atoms with Crippen LogP contribution in [0, 0.1) is 30.1 Å². The van der Waals surface area contributed by atoms with Gasteiger partial charge in [-0.05, 0) is 146 Å². The molecular weight excluding hydrogens is 629 g/mol. The number of aliphatic hydroxyl groups is 1. The molecule has 1 heterocycles. The summed E-state index contributed by atoms with van der Waals surface area (Å²) in [5.41, 5.74) is 5.77. The summed E-state index contributed by atoms with van der Waals surface area (Å²) in [7, 11) is -3.92. The summed E-state index contributed by atoms with van der Waals surface area (Å²) in [6, 6.07) is 2.16. The van der Waals surface area contributed by atoms with Crippen molar-refractivity contribution in [1.29, 1.82) is 0 Å².